The van der Waals surface area contributed by atoms with Crippen molar-refractivity contribution in [3.05, 3.63) is 28.8 Å². The summed E-state index contributed by atoms with van der Waals surface area (Å²) < 4.78 is 0. The Morgan fingerprint density at radius 3 is 2.00 bits per heavy atom. The number of unbranched alkanes of at least 4 members (excludes halogenated alkanes) is 5. The quantitative estimate of drug-likeness (QED) is 0.504. The molecule has 1 rings (SSSR count). The third-order valence-corrected chi connectivity index (χ3v) is 4.91. The van der Waals surface area contributed by atoms with Crippen molar-refractivity contribution in [1.82, 2.24) is 5.32 Å². The highest BCUT2D eigenvalue weighted by molar-refractivity contribution is 5.47. The highest BCUT2D eigenvalue weighted by atomic mass is 16.3. The summed E-state index contributed by atoms with van der Waals surface area (Å²) in [6, 6.07) is 4.25. The number of aromatic hydroxyl groups is 1. The maximum absolute atomic E-state index is 10.7. The van der Waals surface area contributed by atoms with Crippen LogP contribution in [0.3, 0.4) is 0 Å². The molecule has 2 heteroatoms. The van der Waals surface area contributed by atoms with Crippen LogP contribution in [0.5, 0.6) is 5.75 Å². The van der Waals surface area contributed by atoms with E-state index >= 15 is 0 Å². The number of rotatable bonds is 9. The van der Waals surface area contributed by atoms with Crippen molar-refractivity contribution in [3.63, 3.8) is 0 Å². The number of phenolic OH excluding ortho intramolecular Hbond substituents is 1. The van der Waals surface area contributed by atoms with Crippen molar-refractivity contribution in [1.29, 1.82) is 0 Å². The average Bonchev–Trinajstić information content (AvgIpc) is 2.48. The molecule has 0 aromatic heterocycles. The van der Waals surface area contributed by atoms with E-state index in [-0.39, 0.29) is 10.8 Å². The van der Waals surface area contributed by atoms with Gasteiger partial charge in [0.1, 0.15) is 5.75 Å². The number of phenols is 1. The van der Waals surface area contributed by atoms with Gasteiger partial charge in [0.2, 0.25) is 0 Å². The van der Waals surface area contributed by atoms with Gasteiger partial charge in [0.15, 0.2) is 0 Å². The molecule has 0 heterocycles. The van der Waals surface area contributed by atoms with Crippen LogP contribution in [-0.2, 0) is 17.4 Å². The molecule has 0 amide bonds. The fourth-order valence-corrected chi connectivity index (χ4v) is 3.19. The summed E-state index contributed by atoms with van der Waals surface area (Å²) in [6.07, 6.45) is 7.88. The third kappa shape index (κ3) is 7.40. The molecule has 0 atom stereocenters. The van der Waals surface area contributed by atoms with Crippen molar-refractivity contribution >= 4 is 0 Å². The van der Waals surface area contributed by atoms with Gasteiger partial charge in [-0.05, 0) is 41.0 Å². The Labute approximate surface area is 156 Å². The van der Waals surface area contributed by atoms with Crippen LogP contribution in [-0.4, -0.2) is 11.7 Å². The minimum absolute atomic E-state index is 0.0237. The minimum Gasteiger partial charge on any atom is -0.508 e. The van der Waals surface area contributed by atoms with Crippen LogP contribution in [0.25, 0.3) is 0 Å². The van der Waals surface area contributed by atoms with Gasteiger partial charge >= 0.3 is 0 Å². The maximum atomic E-state index is 10.7. The fraction of sp³-hybridized carbons (Fsp3) is 0.739. The SMILES string of the molecule is CCCCCCCCNCc1c(O)cc(C(C)(C)C)cc1C(C)(C)C. The molecular weight excluding hydrogens is 306 g/mol. The lowest BCUT2D eigenvalue weighted by atomic mass is 9.78. The molecule has 0 saturated carbocycles. The molecule has 2 N–H and O–H groups in total. The molecule has 0 fully saturated rings. The van der Waals surface area contributed by atoms with Gasteiger partial charge in [0, 0.05) is 12.1 Å². The second kappa shape index (κ2) is 9.62. The Morgan fingerprint density at radius 2 is 1.44 bits per heavy atom. The molecule has 0 aliphatic rings. The van der Waals surface area contributed by atoms with E-state index in [0.29, 0.717) is 5.75 Å². The summed E-state index contributed by atoms with van der Waals surface area (Å²) in [7, 11) is 0. The zero-order chi connectivity index (χ0) is 19.1. The fourth-order valence-electron chi connectivity index (χ4n) is 3.19. The Morgan fingerprint density at radius 1 is 0.840 bits per heavy atom. The largest absolute Gasteiger partial charge is 0.508 e. The molecule has 1 aromatic carbocycles. The Bertz CT molecular complexity index is 520. The van der Waals surface area contributed by atoms with Crippen molar-refractivity contribution < 1.29 is 5.11 Å². The lowest BCUT2D eigenvalue weighted by molar-refractivity contribution is 0.451. The smallest absolute Gasteiger partial charge is 0.120 e. The van der Waals surface area contributed by atoms with Crippen LogP contribution in [0.15, 0.2) is 12.1 Å². The zero-order valence-corrected chi connectivity index (χ0v) is 17.8. The minimum atomic E-state index is 0.0237. The van der Waals surface area contributed by atoms with Gasteiger partial charge in [0.25, 0.3) is 0 Å². The molecule has 0 unspecified atom stereocenters. The normalized spacial score (nSPS) is 12.6. The van der Waals surface area contributed by atoms with E-state index in [4.69, 9.17) is 0 Å². The highest BCUT2D eigenvalue weighted by Crippen LogP contribution is 2.36. The van der Waals surface area contributed by atoms with Gasteiger partial charge in [-0.3, -0.25) is 0 Å². The summed E-state index contributed by atoms with van der Waals surface area (Å²) in [6.45, 7) is 17.3. The van der Waals surface area contributed by atoms with E-state index < -0.39 is 0 Å². The van der Waals surface area contributed by atoms with Crippen LogP contribution < -0.4 is 5.32 Å². The standard InChI is InChI=1S/C23H41NO/c1-8-9-10-11-12-13-14-24-17-19-20(23(5,6)7)15-18(16-21(19)25)22(2,3)4/h15-16,24-25H,8-14,17H2,1-7H3. The summed E-state index contributed by atoms with van der Waals surface area (Å²) in [5, 5.41) is 14.2. The molecule has 2 nitrogen and oxygen atoms in total. The van der Waals surface area contributed by atoms with E-state index in [1.807, 2.05) is 6.07 Å². The molecule has 25 heavy (non-hydrogen) atoms. The lowest BCUT2D eigenvalue weighted by Gasteiger charge is -2.28. The number of hydrogen-bond acceptors (Lipinski definition) is 2. The molecule has 0 bridgehead atoms. The summed E-state index contributed by atoms with van der Waals surface area (Å²) in [4.78, 5) is 0. The van der Waals surface area contributed by atoms with Crippen LogP contribution in [0, 0.1) is 0 Å². The van der Waals surface area contributed by atoms with Crippen LogP contribution in [0.2, 0.25) is 0 Å². The van der Waals surface area contributed by atoms with Crippen molar-refractivity contribution in [3.8, 4) is 5.75 Å². The Balaban J connectivity index is 2.72. The lowest BCUT2D eigenvalue weighted by Crippen LogP contribution is -2.22. The number of hydrogen-bond donors (Lipinski definition) is 2. The molecule has 0 aliphatic heterocycles. The predicted octanol–water partition coefficient (Wildman–Crippen LogP) is 6.44. The van der Waals surface area contributed by atoms with E-state index in [1.165, 1.54) is 49.7 Å². The number of benzene rings is 1. The average molecular weight is 348 g/mol. The number of nitrogens with one attached hydrogen (secondary N) is 1. The molecule has 0 aliphatic carbocycles. The summed E-state index contributed by atoms with van der Waals surface area (Å²) in [5.41, 5.74) is 3.59. The second-order valence-electron chi connectivity index (χ2n) is 9.47. The van der Waals surface area contributed by atoms with Crippen molar-refractivity contribution in [2.75, 3.05) is 6.54 Å². The van der Waals surface area contributed by atoms with Gasteiger partial charge in [0.05, 0.1) is 0 Å². The molecule has 0 radical (unpaired) electrons. The van der Waals surface area contributed by atoms with Crippen molar-refractivity contribution in [2.45, 2.75) is 104 Å². The summed E-state index contributed by atoms with van der Waals surface area (Å²) in [5.74, 6) is 0.438. The van der Waals surface area contributed by atoms with E-state index in [2.05, 4.69) is 59.8 Å². The van der Waals surface area contributed by atoms with E-state index in [9.17, 15) is 5.11 Å². The maximum Gasteiger partial charge on any atom is 0.120 e. The van der Waals surface area contributed by atoms with Gasteiger partial charge < -0.3 is 10.4 Å². The van der Waals surface area contributed by atoms with E-state index in [0.717, 1.165) is 18.7 Å². The van der Waals surface area contributed by atoms with Crippen molar-refractivity contribution in [2.24, 2.45) is 0 Å². The van der Waals surface area contributed by atoms with Gasteiger partial charge in [-0.1, -0.05) is 86.6 Å². The van der Waals surface area contributed by atoms with Gasteiger partial charge in [-0.25, -0.2) is 0 Å². The topological polar surface area (TPSA) is 32.3 Å². The van der Waals surface area contributed by atoms with Crippen LogP contribution in [0.1, 0.15) is 104 Å². The molecular formula is C23H41NO. The first-order valence-electron chi connectivity index (χ1n) is 10.1. The molecule has 0 spiro atoms. The second-order valence-corrected chi connectivity index (χ2v) is 9.47. The first-order valence-corrected chi connectivity index (χ1v) is 10.1. The molecule has 1 aromatic rings. The highest BCUT2D eigenvalue weighted by Gasteiger charge is 2.24. The summed E-state index contributed by atoms with van der Waals surface area (Å²) >= 11 is 0. The van der Waals surface area contributed by atoms with E-state index in [1.54, 1.807) is 0 Å². The predicted molar refractivity (Wildman–Crippen MR) is 111 cm³/mol. The third-order valence-electron chi connectivity index (χ3n) is 4.91. The monoisotopic (exact) mass is 347 g/mol. The first kappa shape index (κ1) is 22.0. The zero-order valence-electron chi connectivity index (χ0n) is 17.8. The Hall–Kier alpha value is -1.02. The van der Waals surface area contributed by atoms with Gasteiger partial charge in [-0.2, -0.15) is 0 Å². The van der Waals surface area contributed by atoms with Gasteiger partial charge in [-0.15, -0.1) is 0 Å². The van der Waals surface area contributed by atoms with Crippen LogP contribution >= 0.6 is 0 Å². The van der Waals surface area contributed by atoms with Crippen LogP contribution in [0.4, 0.5) is 0 Å². The Kier molecular flexibility index (Phi) is 8.47. The first-order chi connectivity index (χ1) is 11.6. The molecule has 0 saturated heterocycles. The molecule has 144 valence electrons.